The van der Waals surface area contributed by atoms with Crippen LogP contribution in [0.1, 0.15) is 59.3 Å². The smallest absolute Gasteiger partial charge is 0.410 e. The second-order valence-corrected chi connectivity index (χ2v) is 7.90. The van der Waals surface area contributed by atoms with E-state index in [-0.39, 0.29) is 6.42 Å². The standard InChI is InChI=1S/C17H29NO5/c1-16(2,3)23-15(21)18-11-17(12-18,9-14(19)20)22-10-13-7-5-4-6-8-13/h13H,4-12H2,1-3H3,(H,19,20). The molecular formula is C17H29NO5. The Hall–Kier alpha value is -1.30. The number of likely N-dealkylation sites (tertiary alicyclic amines) is 1. The van der Waals surface area contributed by atoms with E-state index in [1.165, 1.54) is 24.2 Å². The van der Waals surface area contributed by atoms with Gasteiger partial charge in [0.05, 0.1) is 26.1 Å². The Balaban J connectivity index is 1.86. The molecule has 1 heterocycles. The van der Waals surface area contributed by atoms with Crippen LogP contribution in [0.5, 0.6) is 0 Å². The maximum atomic E-state index is 12.0. The van der Waals surface area contributed by atoms with Crippen molar-refractivity contribution in [3.63, 3.8) is 0 Å². The largest absolute Gasteiger partial charge is 0.481 e. The van der Waals surface area contributed by atoms with Gasteiger partial charge in [0.25, 0.3) is 0 Å². The van der Waals surface area contributed by atoms with Crippen LogP contribution in [0, 0.1) is 5.92 Å². The third-order valence-electron chi connectivity index (χ3n) is 4.43. The Morgan fingerprint density at radius 2 is 1.78 bits per heavy atom. The summed E-state index contributed by atoms with van der Waals surface area (Å²) in [6.45, 7) is 6.62. The van der Waals surface area contributed by atoms with Crippen LogP contribution >= 0.6 is 0 Å². The summed E-state index contributed by atoms with van der Waals surface area (Å²) in [5.41, 5.74) is -1.30. The summed E-state index contributed by atoms with van der Waals surface area (Å²) < 4.78 is 11.3. The molecule has 1 amide bonds. The summed E-state index contributed by atoms with van der Waals surface area (Å²) in [5, 5.41) is 9.15. The van der Waals surface area contributed by atoms with Crippen molar-refractivity contribution in [1.82, 2.24) is 4.90 Å². The summed E-state index contributed by atoms with van der Waals surface area (Å²) in [6.07, 6.45) is 5.56. The van der Waals surface area contributed by atoms with Crippen molar-refractivity contribution in [2.24, 2.45) is 5.92 Å². The van der Waals surface area contributed by atoms with Gasteiger partial charge in [-0.25, -0.2) is 4.79 Å². The Kier molecular flexibility index (Phi) is 5.55. The first-order valence-corrected chi connectivity index (χ1v) is 8.53. The molecule has 132 valence electrons. The number of hydrogen-bond acceptors (Lipinski definition) is 4. The quantitative estimate of drug-likeness (QED) is 0.840. The maximum Gasteiger partial charge on any atom is 0.410 e. The summed E-state index contributed by atoms with van der Waals surface area (Å²) >= 11 is 0. The van der Waals surface area contributed by atoms with Gasteiger partial charge < -0.3 is 19.5 Å². The maximum absolute atomic E-state index is 12.0. The minimum Gasteiger partial charge on any atom is -0.481 e. The van der Waals surface area contributed by atoms with Crippen LogP contribution in [0.3, 0.4) is 0 Å². The number of carbonyl (C=O) groups excluding carboxylic acids is 1. The molecule has 1 aliphatic heterocycles. The number of nitrogens with zero attached hydrogens (tertiary/aromatic N) is 1. The molecule has 1 N–H and O–H groups in total. The molecule has 0 aromatic carbocycles. The topological polar surface area (TPSA) is 76.1 Å². The van der Waals surface area contributed by atoms with Crippen molar-refractivity contribution in [1.29, 1.82) is 0 Å². The summed E-state index contributed by atoms with van der Waals surface area (Å²) in [6, 6.07) is 0. The van der Waals surface area contributed by atoms with Gasteiger partial charge in [-0.2, -0.15) is 0 Å². The lowest BCUT2D eigenvalue weighted by atomic mass is 9.88. The van der Waals surface area contributed by atoms with Crippen LogP contribution in [0.25, 0.3) is 0 Å². The van der Waals surface area contributed by atoms with Gasteiger partial charge in [0.15, 0.2) is 0 Å². The number of amides is 1. The molecule has 6 heteroatoms. The predicted molar refractivity (Wildman–Crippen MR) is 85.3 cm³/mol. The zero-order chi connectivity index (χ0) is 17.1. The van der Waals surface area contributed by atoms with Gasteiger partial charge in [-0.15, -0.1) is 0 Å². The monoisotopic (exact) mass is 327 g/mol. The number of ether oxygens (including phenoxy) is 2. The lowest BCUT2D eigenvalue weighted by Gasteiger charge is -2.49. The van der Waals surface area contributed by atoms with Crippen molar-refractivity contribution in [3.05, 3.63) is 0 Å². The molecule has 1 aliphatic carbocycles. The number of aliphatic carboxylic acids is 1. The highest BCUT2D eigenvalue weighted by atomic mass is 16.6. The molecule has 0 aromatic rings. The summed E-state index contributed by atoms with van der Waals surface area (Å²) in [4.78, 5) is 24.7. The summed E-state index contributed by atoms with van der Waals surface area (Å²) in [5.74, 6) is -0.373. The molecule has 0 bridgehead atoms. The SMILES string of the molecule is CC(C)(C)OC(=O)N1CC(CC(=O)O)(OCC2CCCCC2)C1. The van der Waals surface area contributed by atoms with Gasteiger partial charge in [-0.05, 0) is 39.5 Å². The molecule has 0 spiro atoms. The van der Waals surface area contributed by atoms with E-state index >= 15 is 0 Å². The molecule has 0 radical (unpaired) electrons. The van der Waals surface area contributed by atoms with Crippen LogP contribution < -0.4 is 0 Å². The van der Waals surface area contributed by atoms with E-state index in [2.05, 4.69) is 0 Å². The van der Waals surface area contributed by atoms with Gasteiger partial charge in [0.1, 0.15) is 11.2 Å². The van der Waals surface area contributed by atoms with E-state index in [0.717, 1.165) is 12.8 Å². The minimum atomic E-state index is -0.891. The van der Waals surface area contributed by atoms with Gasteiger partial charge in [0.2, 0.25) is 0 Å². The Labute approximate surface area is 138 Å². The van der Waals surface area contributed by atoms with Gasteiger partial charge in [0, 0.05) is 0 Å². The number of hydrogen-bond donors (Lipinski definition) is 1. The molecule has 2 rings (SSSR count). The number of carbonyl (C=O) groups is 2. The third-order valence-corrected chi connectivity index (χ3v) is 4.43. The first kappa shape index (κ1) is 18.0. The van der Waals surface area contributed by atoms with Gasteiger partial charge in [-0.3, -0.25) is 4.79 Å². The molecule has 1 saturated heterocycles. The van der Waals surface area contributed by atoms with E-state index in [1.807, 2.05) is 20.8 Å². The molecule has 23 heavy (non-hydrogen) atoms. The average Bonchev–Trinajstić information content (AvgIpc) is 2.39. The van der Waals surface area contributed by atoms with Gasteiger partial charge >= 0.3 is 12.1 Å². The first-order chi connectivity index (χ1) is 10.7. The van der Waals surface area contributed by atoms with Crippen LogP contribution in [-0.2, 0) is 14.3 Å². The zero-order valence-electron chi connectivity index (χ0n) is 14.5. The summed E-state index contributed by atoms with van der Waals surface area (Å²) in [7, 11) is 0. The second kappa shape index (κ2) is 7.07. The highest BCUT2D eigenvalue weighted by Gasteiger charge is 2.49. The predicted octanol–water partition coefficient (Wildman–Crippen LogP) is 3.05. The molecule has 1 saturated carbocycles. The number of carboxylic acids is 1. The van der Waals surface area contributed by atoms with E-state index in [4.69, 9.17) is 14.6 Å². The normalized spacial score (nSPS) is 21.6. The molecule has 0 atom stereocenters. The van der Waals surface area contributed by atoms with Crippen molar-refractivity contribution >= 4 is 12.1 Å². The van der Waals surface area contributed by atoms with Crippen molar-refractivity contribution in [2.45, 2.75) is 70.5 Å². The van der Waals surface area contributed by atoms with Crippen LogP contribution in [0.4, 0.5) is 4.79 Å². The Morgan fingerprint density at radius 3 is 2.30 bits per heavy atom. The van der Waals surface area contributed by atoms with Gasteiger partial charge in [-0.1, -0.05) is 19.3 Å². The van der Waals surface area contributed by atoms with Crippen LogP contribution in [0.2, 0.25) is 0 Å². The average molecular weight is 327 g/mol. The van der Waals surface area contributed by atoms with Crippen LogP contribution in [0.15, 0.2) is 0 Å². The lowest BCUT2D eigenvalue weighted by Crippen LogP contribution is -2.66. The Morgan fingerprint density at radius 1 is 1.17 bits per heavy atom. The molecule has 2 fully saturated rings. The fraction of sp³-hybridized carbons (Fsp3) is 0.882. The molecule has 0 unspecified atom stereocenters. The zero-order valence-corrected chi connectivity index (χ0v) is 14.5. The fourth-order valence-electron chi connectivity index (χ4n) is 3.28. The lowest BCUT2D eigenvalue weighted by molar-refractivity contribution is -0.171. The van der Waals surface area contributed by atoms with E-state index < -0.39 is 23.3 Å². The van der Waals surface area contributed by atoms with E-state index in [9.17, 15) is 9.59 Å². The van der Waals surface area contributed by atoms with E-state index in [0.29, 0.717) is 25.6 Å². The van der Waals surface area contributed by atoms with Crippen LogP contribution in [-0.4, -0.2) is 53.0 Å². The van der Waals surface area contributed by atoms with Crippen molar-refractivity contribution in [2.75, 3.05) is 19.7 Å². The second-order valence-electron chi connectivity index (χ2n) is 7.90. The highest BCUT2D eigenvalue weighted by molar-refractivity contribution is 5.72. The van der Waals surface area contributed by atoms with Crippen molar-refractivity contribution in [3.8, 4) is 0 Å². The molecule has 0 aromatic heterocycles. The number of rotatable bonds is 5. The van der Waals surface area contributed by atoms with E-state index in [1.54, 1.807) is 0 Å². The Bertz CT molecular complexity index is 431. The van der Waals surface area contributed by atoms with Crippen molar-refractivity contribution < 1.29 is 24.2 Å². The molecule has 2 aliphatic rings. The third kappa shape index (κ3) is 5.37. The minimum absolute atomic E-state index is 0.0704. The first-order valence-electron chi connectivity index (χ1n) is 8.53. The number of carboxylic acid groups (broad SMARTS) is 1. The molecular weight excluding hydrogens is 298 g/mol. The molecule has 6 nitrogen and oxygen atoms in total. The fourth-order valence-corrected chi connectivity index (χ4v) is 3.28. The highest BCUT2D eigenvalue weighted by Crippen LogP contribution is 2.33.